The van der Waals surface area contributed by atoms with Gasteiger partial charge in [-0.25, -0.2) is 4.79 Å². The van der Waals surface area contributed by atoms with Gasteiger partial charge in [0, 0.05) is 45.1 Å². The molecule has 2 aromatic rings. The summed E-state index contributed by atoms with van der Waals surface area (Å²) in [6, 6.07) is 12.8. The van der Waals surface area contributed by atoms with Crippen molar-refractivity contribution < 1.29 is 4.79 Å². The van der Waals surface area contributed by atoms with Crippen LogP contribution in [0.2, 0.25) is 0 Å². The normalized spacial score (nSPS) is 20.6. The highest BCUT2D eigenvalue weighted by molar-refractivity contribution is 5.75. The van der Waals surface area contributed by atoms with Gasteiger partial charge in [-0.1, -0.05) is 30.3 Å². The molecule has 4 rings (SSSR count). The van der Waals surface area contributed by atoms with E-state index in [9.17, 15) is 4.79 Å². The summed E-state index contributed by atoms with van der Waals surface area (Å²) >= 11 is 0. The molecule has 2 aliphatic rings. The molecule has 1 aromatic heterocycles. The first-order valence-electron chi connectivity index (χ1n) is 10.0. The number of benzene rings is 1. The third-order valence-corrected chi connectivity index (χ3v) is 5.67. The summed E-state index contributed by atoms with van der Waals surface area (Å²) in [6.45, 7) is 4.43. The van der Waals surface area contributed by atoms with E-state index >= 15 is 0 Å². The minimum atomic E-state index is 0.0833. The molecule has 1 atom stereocenters. The molecule has 1 fully saturated rings. The first-order chi connectivity index (χ1) is 13.3. The van der Waals surface area contributed by atoms with E-state index in [4.69, 9.17) is 0 Å². The summed E-state index contributed by atoms with van der Waals surface area (Å²) in [5.41, 5.74) is 3.91. The van der Waals surface area contributed by atoms with Crippen LogP contribution in [0, 0.1) is 0 Å². The van der Waals surface area contributed by atoms with Crippen molar-refractivity contribution in [1.82, 2.24) is 20.1 Å². The lowest BCUT2D eigenvalue weighted by atomic mass is 9.88. The Morgan fingerprint density at radius 1 is 1.07 bits per heavy atom. The topological polar surface area (TPSA) is 48.5 Å². The number of nitrogens with one attached hydrogen (secondary N) is 1. The van der Waals surface area contributed by atoms with Gasteiger partial charge in [0.2, 0.25) is 0 Å². The summed E-state index contributed by atoms with van der Waals surface area (Å²) in [6.07, 6.45) is 8.03. The van der Waals surface area contributed by atoms with E-state index in [0.29, 0.717) is 0 Å². The highest BCUT2D eigenvalue weighted by atomic mass is 16.2. The van der Waals surface area contributed by atoms with E-state index in [-0.39, 0.29) is 12.1 Å². The number of urea groups is 1. The maximum atomic E-state index is 12.9. The average molecular weight is 364 g/mol. The Kier molecular flexibility index (Phi) is 5.68. The Morgan fingerprint density at radius 2 is 2.00 bits per heavy atom. The van der Waals surface area contributed by atoms with Gasteiger partial charge in [0.1, 0.15) is 0 Å². The van der Waals surface area contributed by atoms with Crippen molar-refractivity contribution in [3.05, 3.63) is 65.5 Å². The number of nitrogens with zero attached hydrogens (tertiary/aromatic N) is 3. The quantitative estimate of drug-likeness (QED) is 0.908. The second kappa shape index (κ2) is 8.53. The number of carbonyl (C=O) groups excluding carboxylic acids is 1. The van der Waals surface area contributed by atoms with Crippen LogP contribution in [-0.4, -0.2) is 47.0 Å². The summed E-state index contributed by atoms with van der Waals surface area (Å²) in [4.78, 5) is 21.5. The van der Waals surface area contributed by atoms with E-state index in [1.165, 1.54) is 16.7 Å². The number of hydrogen-bond acceptors (Lipinski definition) is 3. The van der Waals surface area contributed by atoms with Crippen LogP contribution in [0.4, 0.5) is 4.79 Å². The average Bonchev–Trinajstić information content (AvgIpc) is 2.95. The molecule has 0 saturated carbocycles. The van der Waals surface area contributed by atoms with Gasteiger partial charge in [-0.3, -0.25) is 9.88 Å². The van der Waals surface area contributed by atoms with Crippen LogP contribution >= 0.6 is 0 Å². The molecule has 1 aliphatic carbocycles. The molecule has 0 spiro atoms. The minimum Gasteiger partial charge on any atom is -0.331 e. The molecule has 5 nitrogen and oxygen atoms in total. The Hall–Kier alpha value is -2.40. The van der Waals surface area contributed by atoms with Crippen LogP contribution in [0.3, 0.4) is 0 Å². The smallest absolute Gasteiger partial charge is 0.317 e. The number of aromatic nitrogens is 1. The summed E-state index contributed by atoms with van der Waals surface area (Å²) in [5.74, 6) is 0. The van der Waals surface area contributed by atoms with Gasteiger partial charge in [-0.2, -0.15) is 0 Å². The number of carbonyl (C=O) groups is 1. The van der Waals surface area contributed by atoms with Gasteiger partial charge in [0.25, 0.3) is 0 Å². The number of hydrogen-bond donors (Lipinski definition) is 1. The van der Waals surface area contributed by atoms with Crippen LogP contribution in [-0.2, 0) is 13.0 Å². The standard InChI is InChI=1S/C22H28N4O/c27-22(24-21-10-3-8-19-7-1-2-9-20(19)21)26-13-5-12-25(14-15-26)17-18-6-4-11-23-16-18/h1-2,4,6-7,9,11,16,21H,3,5,8,10,12-15,17H2,(H,24,27)/t21-/m1/s1. The fourth-order valence-electron chi connectivity index (χ4n) is 4.23. The third kappa shape index (κ3) is 4.48. The number of aryl methyl sites for hydroxylation is 1. The van der Waals surface area contributed by atoms with Gasteiger partial charge < -0.3 is 10.2 Å². The molecule has 1 aromatic carbocycles. The molecule has 0 radical (unpaired) electrons. The van der Waals surface area contributed by atoms with Crippen LogP contribution in [0.25, 0.3) is 0 Å². The second-order valence-electron chi connectivity index (χ2n) is 7.57. The number of rotatable bonds is 3. The van der Waals surface area contributed by atoms with Crippen LogP contribution < -0.4 is 5.32 Å². The lowest BCUT2D eigenvalue weighted by Gasteiger charge is -2.29. The Bertz CT molecular complexity index is 764. The zero-order valence-electron chi connectivity index (χ0n) is 15.8. The largest absolute Gasteiger partial charge is 0.331 e. The first-order valence-corrected chi connectivity index (χ1v) is 10.0. The molecule has 2 heterocycles. The van der Waals surface area contributed by atoms with Crippen molar-refractivity contribution in [3.8, 4) is 0 Å². The van der Waals surface area contributed by atoms with E-state index in [0.717, 1.165) is 58.4 Å². The molecule has 1 aliphatic heterocycles. The van der Waals surface area contributed by atoms with Crippen LogP contribution in [0.15, 0.2) is 48.8 Å². The Morgan fingerprint density at radius 3 is 2.89 bits per heavy atom. The van der Waals surface area contributed by atoms with E-state index in [1.54, 1.807) is 6.20 Å². The first kappa shape index (κ1) is 18.0. The van der Waals surface area contributed by atoms with E-state index in [1.807, 2.05) is 17.2 Å². The van der Waals surface area contributed by atoms with Gasteiger partial charge >= 0.3 is 6.03 Å². The van der Waals surface area contributed by atoms with Crippen molar-refractivity contribution in [2.24, 2.45) is 0 Å². The minimum absolute atomic E-state index is 0.0833. The predicted molar refractivity (Wildman–Crippen MR) is 106 cm³/mol. The SMILES string of the molecule is O=C(N[C@@H]1CCCc2ccccc21)N1CCCN(Cc2cccnc2)CC1. The number of pyridine rings is 1. The van der Waals surface area contributed by atoms with Crippen molar-refractivity contribution in [3.63, 3.8) is 0 Å². The molecular formula is C22H28N4O. The van der Waals surface area contributed by atoms with Crippen molar-refractivity contribution in [2.45, 2.75) is 38.3 Å². The number of fused-ring (bicyclic) bond motifs is 1. The third-order valence-electron chi connectivity index (χ3n) is 5.67. The lowest BCUT2D eigenvalue weighted by molar-refractivity contribution is 0.192. The van der Waals surface area contributed by atoms with Crippen LogP contribution in [0.5, 0.6) is 0 Å². The van der Waals surface area contributed by atoms with Crippen molar-refractivity contribution in [2.75, 3.05) is 26.2 Å². The van der Waals surface area contributed by atoms with Crippen molar-refractivity contribution >= 4 is 6.03 Å². The molecule has 142 valence electrons. The van der Waals surface area contributed by atoms with E-state index in [2.05, 4.69) is 45.5 Å². The molecule has 1 N–H and O–H groups in total. The summed E-state index contributed by atoms with van der Waals surface area (Å²) in [7, 11) is 0. The van der Waals surface area contributed by atoms with Gasteiger partial charge in [0.15, 0.2) is 0 Å². The Balaban J connectivity index is 1.34. The van der Waals surface area contributed by atoms with Crippen molar-refractivity contribution in [1.29, 1.82) is 0 Å². The molecule has 0 bridgehead atoms. The van der Waals surface area contributed by atoms with Gasteiger partial charge in [-0.05, 0) is 48.4 Å². The lowest BCUT2D eigenvalue weighted by Crippen LogP contribution is -2.44. The van der Waals surface area contributed by atoms with Gasteiger partial charge in [-0.15, -0.1) is 0 Å². The fraction of sp³-hybridized carbons (Fsp3) is 0.455. The number of amides is 2. The van der Waals surface area contributed by atoms with Gasteiger partial charge in [0.05, 0.1) is 6.04 Å². The monoisotopic (exact) mass is 364 g/mol. The molecule has 0 unspecified atom stereocenters. The molecule has 1 saturated heterocycles. The summed E-state index contributed by atoms with van der Waals surface area (Å²) < 4.78 is 0. The Labute approximate surface area is 161 Å². The van der Waals surface area contributed by atoms with Crippen LogP contribution in [0.1, 0.15) is 42.0 Å². The highest BCUT2D eigenvalue weighted by Gasteiger charge is 2.25. The molecular weight excluding hydrogens is 336 g/mol. The second-order valence-corrected chi connectivity index (χ2v) is 7.57. The zero-order valence-corrected chi connectivity index (χ0v) is 15.8. The molecule has 2 amide bonds. The maximum absolute atomic E-state index is 12.9. The molecule has 27 heavy (non-hydrogen) atoms. The molecule has 5 heteroatoms. The zero-order chi connectivity index (χ0) is 18.5. The predicted octanol–water partition coefficient (Wildman–Crippen LogP) is 3.38. The van der Waals surface area contributed by atoms with E-state index < -0.39 is 0 Å². The highest BCUT2D eigenvalue weighted by Crippen LogP contribution is 2.29. The maximum Gasteiger partial charge on any atom is 0.317 e. The fourth-order valence-corrected chi connectivity index (χ4v) is 4.23. The summed E-state index contributed by atoms with van der Waals surface area (Å²) in [5, 5.41) is 3.30.